The predicted octanol–water partition coefficient (Wildman–Crippen LogP) is 0.362. The summed E-state index contributed by atoms with van der Waals surface area (Å²) < 4.78 is 4.70. The molecule has 2 N–H and O–H groups in total. The fourth-order valence-electron chi connectivity index (χ4n) is 1.21. The number of carbonyl (C=O) groups is 3. The third-order valence-electron chi connectivity index (χ3n) is 2.11. The lowest BCUT2D eigenvalue weighted by Gasteiger charge is -2.05. The summed E-state index contributed by atoms with van der Waals surface area (Å²) in [6, 6.07) is 0. The Kier molecular flexibility index (Phi) is 9.62. The first-order valence-electron chi connectivity index (χ1n) is 6.29. The van der Waals surface area contributed by atoms with E-state index < -0.39 is 0 Å². The second-order valence-corrected chi connectivity index (χ2v) is 3.75. The van der Waals surface area contributed by atoms with Gasteiger partial charge >= 0.3 is 5.97 Å². The molecule has 104 valence electrons. The Hall–Kier alpha value is -1.59. The number of carbonyl (C=O) groups excluding carboxylic acids is 3. The molecule has 0 rings (SSSR count). The zero-order valence-corrected chi connectivity index (χ0v) is 11.1. The van der Waals surface area contributed by atoms with Gasteiger partial charge in [-0.2, -0.15) is 0 Å². The van der Waals surface area contributed by atoms with Gasteiger partial charge in [-0.05, 0) is 13.3 Å². The molecule has 0 spiro atoms. The van der Waals surface area contributed by atoms with Gasteiger partial charge in [0, 0.05) is 25.9 Å². The maximum absolute atomic E-state index is 11.3. The molecule has 0 aliphatic heterocycles. The third-order valence-corrected chi connectivity index (χ3v) is 2.11. The van der Waals surface area contributed by atoms with Gasteiger partial charge in [-0.1, -0.05) is 6.92 Å². The Labute approximate surface area is 107 Å². The average molecular weight is 258 g/mol. The standard InChI is InChI=1S/C12H22N2O4/c1-3-8-13-11(16)7-9-14-10(15)5-6-12(17)18-4-2/h3-9H2,1-2H3,(H,13,16)(H,14,15). The molecular weight excluding hydrogens is 236 g/mol. The van der Waals surface area contributed by atoms with E-state index in [-0.39, 0.29) is 43.6 Å². The number of rotatable bonds is 9. The van der Waals surface area contributed by atoms with Gasteiger partial charge in [0.1, 0.15) is 0 Å². The molecule has 0 fully saturated rings. The van der Waals surface area contributed by atoms with Crippen molar-refractivity contribution in [2.45, 2.75) is 39.5 Å². The van der Waals surface area contributed by atoms with E-state index in [0.29, 0.717) is 13.2 Å². The van der Waals surface area contributed by atoms with Gasteiger partial charge in [0.05, 0.1) is 13.0 Å². The minimum Gasteiger partial charge on any atom is -0.466 e. The minimum absolute atomic E-state index is 0.0711. The van der Waals surface area contributed by atoms with Gasteiger partial charge in [-0.25, -0.2) is 0 Å². The van der Waals surface area contributed by atoms with Crippen LogP contribution in [0.3, 0.4) is 0 Å². The van der Waals surface area contributed by atoms with Crippen LogP contribution in [-0.4, -0.2) is 37.5 Å². The molecule has 0 unspecified atom stereocenters. The maximum Gasteiger partial charge on any atom is 0.306 e. The molecule has 0 bridgehead atoms. The number of amides is 2. The smallest absolute Gasteiger partial charge is 0.306 e. The summed E-state index contributed by atoms with van der Waals surface area (Å²) in [4.78, 5) is 33.5. The lowest BCUT2D eigenvalue weighted by atomic mass is 10.3. The van der Waals surface area contributed by atoms with Gasteiger partial charge in [-0.3, -0.25) is 14.4 Å². The molecule has 0 aromatic carbocycles. The van der Waals surface area contributed by atoms with Crippen molar-refractivity contribution in [2.75, 3.05) is 19.7 Å². The zero-order valence-electron chi connectivity index (χ0n) is 11.1. The molecule has 0 aliphatic carbocycles. The number of nitrogens with one attached hydrogen (secondary N) is 2. The van der Waals surface area contributed by atoms with Crippen molar-refractivity contribution in [1.82, 2.24) is 10.6 Å². The van der Waals surface area contributed by atoms with Crippen LogP contribution in [0.5, 0.6) is 0 Å². The van der Waals surface area contributed by atoms with Gasteiger partial charge in [0.25, 0.3) is 0 Å². The molecule has 0 atom stereocenters. The predicted molar refractivity (Wildman–Crippen MR) is 66.8 cm³/mol. The summed E-state index contributed by atoms with van der Waals surface area (Å²) in [5.41, 5.74) is 0. The Balaban J connectivity index is 3.53. The van der Waals surface area contributed by atoms with Gasteiger partial charge in [0.15, 0.2) is 0 Å². The highest BCUT2D eigenvalue weighted by molar-refractivity contribution is 5.82. The van der Waals surface area contributed by atoms with Gasteiger partial charge in [-0.15, -0.1) is 0 Å². The number of ether oxygens (including phenoxy) is 1. The normalized spacial score (nSPS) is 9.67. The van der Waals surface area contributed by atoms with Crippen LogP contribution < -0.4 is 10.6 Å². The Morgan fingerprint density at radius 1 is 0.889 bits per heavy atom. The van der Waals surface area contributed by atoms with Crippen molar-refractivity contribution >= 4 is 17.8 Å². The van der Waals surface area contributed by atoms with Crippen LogP contribution in [0.15, 0.2) is 0 Å². The van der Waals surface area contributed by atoms with Crippen molar-refractivity contribution < 1.29 is 19.1 Å². The molecule has 6 nitrogen and oxygen atoms in total. The monoisotopic (exact) mass is 258 g/mol. The second kappa shape index (κ2) is 10.6. The van der Waals surface area contributed by atoms with Crippen LogP contribution in [0.1, 0.15) is 39.5 Å². The fourth-order valence-corrected chi connectivity index (χ4v) is 1.21. The number of hydrogen-bond acceptors (Lipinski definition) is 4. The summed E-state index contributed by atoms with van der Waals surface area (Å²) in [6.45, 7) is 4.94. The quantitative estimate of drug-likeness (QED) is 0.585. The molecule has 0 aliphatic rings. The van der Waals surface area contributed by atoms with E-state index in [1.54, 1.807) is 6.92 Å². The number of esters is 1. The number of hydrogen-bond donors (Lipinski definition) is 2. The van der Waals surface area contributed by atoms with E-state index in [0.717, 1.165) is 6.42 Å². The topological polar surface area (TPSA) is 84.5 Å². The second-order valence-electron chi connectivity index (χ2n) is 3.75. The van der Waals surface area contributed by atoms with Gasteiger partial charge < -0.3 is 15.4 Å². The lowest BCUT2D eigenvalue weighted by molar-refractivity contribution is -0.144. The van der Waals surface area contributed by atoms with Crippen LogP contribution in [0.4, 0.5) is 0 Å². The summed E-state index contributed by atoms with van der Waals surface area (Å²) in [5, 5.41) is 5.29. The summed E-state index contributed by atoms with van der Waals surface area (Å²) in [5.74, 6) is -0.706. The van der Waals surface area contributed by atoms with Crippen LogP contribution >= 0.6 is 0 Å². The first-order chi connectivity index (χ1) is 8.60. The fraction of sp³-hybridized carbons (Fsp3) is 0.750. The largest absolute Gasteiger partial charge is 0.466 e. The lowest BCUT2D eigenvalue weighted by Crippen LogP contribution is -2.31. The van der Waals surface area contributed by atoms with E-state index in [9.17, 15) is 14.4 Å². The molecule has 0 radical (unpaired) electrons. The van der Waals surface area contributed by atoms with Crippen molar-refractivity contribution in [3.8, 4) is 0 Å². The third kappa shape index (κ3) is 9.62. The van der Waals surface area contributed by atoms with Gasteiger partial charge in [0.2, 0.25) is 11.8 Å². The van der Waals surface area contributed by atoms with Crippen molar-refractivity contribution in [2.24, 2.45) is 0 Å². The average Bonchev–Trinajstić information content (AvgIpc) is 2.34. The summed E-state index contributed by atoms with van der Waals surface area (Å²) >= 11 is 0. The Morgan fingerprint density at radius 3 is 2.11 bits per heavy atom. The van der Waals surface area contributed by atoms with Crippen LogP contribution in [0.25, 0.3) is 0 Å². The van der Waals surface area contributed by atoms with Crippen molar-refractivity contribution in [3.05, 3.63) is 0 Å². The van der Waals surface area contributed by atoms with Crippen molar-refractivity contribution in [3.63, 3.8) is 0 Å². The van der Waals surface area contributed by atoms with Crippen LogP contribution in [0, 0.1) is 0 Å². The van der Waals surface area contributed by atoms with E-state index in [1.165, 1.54) is 0 Å². The van der Waals surface area contributed by atoms with E-state index in [1.807, 2.05) is 6.92 Å². The zero-order chi connectivity index (χ0) is 13.8. The first-order valence-corrected chi connectivity index (χ1v) is 6.29. The minimum atomic E-state index is -0.381. The SMILES string of the molecule is CCCNC(=O)CCNC(=O)CCC(=O)OCC. The van der Waals surface area contributed by atoms with Crippen LogP contribution in [-0.2, 0) is 19.1 Å². The molecule has 18 heavy (non-hydrogen) atoms. The van der Waals surface area contributed by atoms with Crippen molar-refractivity contribution in [1.29, 1.82) is 0 Å². The molecule has 6 heteroatoms. The molecule has 0 saturated carbocycles. The first kappa shape index (κ1) is 16.4. The molecule has 0 saturated heterocycles. The Morgan fingerprint density at radius 2 is 1.50 bits per heavy atom. The molecule has 0 aromatic rings. The molecule has 0 aromatic heterocycles. The van der Waals surface area contributed by atoms with E-state index >= 15 is 0 Å². The highest BCUT2D eigenvalue weighted by Crippen LogP contribution is 1.93. The highest BCUT2D eigenvalue weighted by atomic mass is 16.5. The van der Waals surface area contributed by atoms with E-state index in [2.05, 4.69) is 10.6 Å². The Bertz CT molecular complexity index is 279. The molecule has 0 heterocycles. The summed E-state index contributed by atoms with van der Waals surface area (Å²) in [6.07, 6.45) is 1.31. The molecular formula is C12H22N2O4. The van der Waals surface area contributed by atoms with E-state index in [4.69, 9.17) is 4.74 Å². The van der Waals surface area contributed by atoms with Crippen LogP contribution in [0.2, 0.25) is 0 Å². The molecule has 2 amide bonds. The highest BCUT2D eigenvalue weighted by Gasteiger charge is 2.07. The summed E-state index contributed by atoms with van der Waals surface area (Å²) in [7, 11) is 0. The maximum atomic E-state index is 11.3.